The van der Waals surface area contributed by atoms with Crippen molar-refractivity contribution in [3.8, 4) is 0 Å². The summed E-state index contributed by atoms with van der Waals surface area (Å²) >= 11 is 0. The van der Waals surface area contributed by atoms with E-state index in [1.807, 2.05) is 0 Å². The summed E-state index contributed by atoms with van der Waals surface area (Å²) in [5.74, 6) is -0.817. The Morgan fingerprint density at radius 1 is 1.24 bits per heavy atom. The van der Waals surface area contributed by atoms with Crippen molar-refractivity contribution >= 4 is 11.6 Å². The number of benzene rings is 1. The van der Waals surface area contributed by atoms with E-state index in [2.05, 4.69) is 5.32 Å². The van der Waals surface area contributed by atoms with Crippen molar-refractivity contribution in [1.29, 1.82) is 0 Å². The summed E-state index contributed by atoms with van der Waals surface area (Å²) in [6.45, 7) is 0.269. The van der Waals surface area contributed by atoms with E-state index in [-0.39, 0.29) is 23.7 Å². The first-order chi connectivity index (χ1) is 10.1. The highest BCUT2D eigenvalue weighted by atomic mass is 19.1. The maximum absolute atomic E-state index is 13.4. The molecule has 0 atom stereocenters. The number of carbonyl (C=O) groups is 1. The molecule has 2 rings (SSSR count). The maximum atomic E-state index is 13.4. The zero-order valence-corrected chi connectivity index (χ0v) is 12.2. The van der Waals surface area contributed by atoms with Gasteiger partial charge in [-0.2, -0.15) is 0 Å². The SMILES string of the molecule is NC1(COCC(=O)Nc2ccccc2F)CCCCCC1. The summed E-state index contributed by atoms with van der Waals surface area (Å²) in [6, 6.07) is 6.06. The molecule has 0 unspecified atom stereocenters. The Labute approximate surface area is 124 Å². The Morgan fingerprint density at radius 3 is 2.57 bits per heavy atom. The lowest BCUT2D eigenvalue weighted by atomic mass is 9.93. The van der Waals surface area contributed by atoms with Crippen LogP contribution in [0.1, 0.15) is 38.5 Å². The second kappa shape index (κ2) is 7.52. The Hall–Kier alpha value is -1.46. The van der Waals surface area contributed by atoms with Crippen LogP contribution in [0.25, 0.3) is 0 Å². The van der Waals surface area contributed by atoms with Gasteiger partial charge in [0.05, 0.1) is 12.3 Å². The Bertz CT molecular complexity index is 471. The fourth-order valence-electron chi connectivity index (χ4n) is 2.67. The lowest BCUT2D eigenvalue weighted by Gasteiger charge is -2.27. The van der Waals surface area contributed by atoms with E-state index in [4.69, 9.17) is 10.5 Å². The molecule has 0 spiro atoms. The van der Waals surface area contributed by atoms with Crippen LogP contribution >= 0.6 is 0 Å². The summed E-state index contributed by atoms with van der Waals surface area (Å²) in [5, 5.41) is 2.49. The molecule has 1 aliphatic rings. The number of anilines is 1. The van der Waals surface area contributed by atoms with Gasteiger partial charge in [0.2, 0.25) is 5.91 Å². The van der Waals surface area contributed by atoms with E-state index in [1.54, 1.807) is 12.1 Å². The van der Waals surface area contributed by atoms with Gasteiger partial charge in [-0.05, 0) is 25.0 Å². The van der Waals surface area contributed by atoms with Gasteiger partial charge >= 0.3 is 0 Å². The molecule has 1 saturated carbocycles. The number of para-hydroxylation sites is 1. The lowest BCUT2D eigenvalue weighted by Crippen LogP contribution is -2.44. The number of hydrogen-bond acceptors (Lipinski definition) is 3. The number of nitrogens with two attached hydrogens (primary N) is 1. The minimum atomic E-state index is -0.454. The van der Waals surface area contributed by atoms with E-state index in [0.29, 0.717) is 6.61 Å². The maximum Gasteiger partial charge on any atom is 0.250 e. The average Bonchev–Trinajstić information content (AvgIpc) is 2.66. The number of amides is 1. The van der Waals surface area contributed by atoms with Gasteiger partial charge in [-0.1, -0.05) is 37.8 Å². The molecule has 0 saturated heterocycles. The smallest absolute Gasteiger partial charge is 0.250 e. The topological polar surface area (TPSA) is 64.3 Å². The van der Waals surface area contributed by atoms with Crippen LogP contribution < -0.4 is 11.1 Å². The first kappa shape index (κ1) is 15.9. The van der Waals surface area contributed by atoms with Crippen LogP contribution in [0.3, 0.4) is 0 Å². The normalized spacial score (nSPS) is 18.0. The molecular formula is C16H23FN2O2. The molecule has 1 fully saturated rings. The lowest BCUT2D eigenvalue weighted by molar-refractivity contribution is -0.121. The number of halogens is 1. The average molecular weight is 294 g/mol. The van der Waals surface area contributed by atoms with Crippen molar-refractivity contribution < 1.29 is 13.9 Å². The summed E-state index contributed by atoms with van der Waals surface area (Å²) in [4.78, 5) is 11.7. The van der Waals surface area contributed by atoms with Gasteiger partial charge in [0.1, 0.15) is 12.4 Å². The first-order valence-electron chi connectivity index (χ1n) is 7.50. The monoisotopic (exact) mass is 294 g/mol. The van der Waals surface area contributed by atoms with E-state index < -0.39 is 5.82 Å². The zero-order valence-electron chi connectivity index (χ0n) is 12.2. The van der Waals surface area contributed by atoms with Crippen LogP contribution in [-0.2, 0) is 9.53 Å². The van der Waals surface area contributed by atoms with Crippen LogP contribution in [0.5, 0.6) is 0 Å². The summed E-state index contributed by atoms with van der Waals surface area (Å²) in [6.07, 6.45) is 6.52. The molecule has 1 amide bonds. The van der Waals surface area contributed by atoms with Crippen molar-refractivity contribution in [2.24, 2.45) is 5.73 Å². The number of carbonyl (C=O) groups excluding carboxylic acids is 1. The van der Waals surface area contributed by atoms with E-state index in [0.717, 1.165) is 25.7 Å². The molecular weight excluding hydrogens is 271 g/mol. The van der Waals surface area contributed by atoms with Gasteiger partial charge < -0.3 is 15.8 Å². The molecule has 0 radical (unpaired) electrons. The molecule has 1 aromatic carbocycles. The third kappa shape index (κ3) is 5.10. The largest absolute Gasteiger partial charge is 0.370 e. The highest BCUT2D eigenvalue weighted by Crippen LogP contribution is 2.25. The van der Waals surface area contributed by atoms with Crippen molar-refractivity contribution in [1.82, 2.24) is 0 Å². The minimum Gasteiger partial charge on any atom is -0.370 e. The van der Waals surface area contributed by atoms with Crippen LogP contribution in [0.15, 0.2) is 24.3 Å². The molecule has 3 N–H and O–H groups in total. The second-order valence-corrected chi connectivity index (χ2v) is 5.80. The molecule has 0 aromatic heterocycles. The van der Waals surface area contributed by atoms with Crippen LogP contribution in [0.2, 0.25) is 0 Å². The second-order valence-electron chi connectivity index (χ2n) is 5.80. The Kier molecular flexibility index (Phi) is 5.70. The van der Waals surface area contributed by atoms with Crippen molar-refractivity contribution in [2.75, 3.05) is 18.5 Å². The van der Waals surface area contributed by atoms with Crippen molar-refractivity contribution in [2.45, 2.75) is 44.1 Å². The molecule has 0 bridgehead atoms. The minimum absolute atomic E-state index is 0.104. The molecule has 4 nitrogen and oxygen atoms in total. The Balaban J connectivity index is 1.75. The van der Waals surface area contributed by atoms with E-state index in [1.165, 1.54) is 25.0 Å². The predicted molar refractivity (Wildman–Crippen MR) is 80.5 cm³/mol. The first-order valence-corrected chi connectivity index (χ1v) is 7.50. The van der Waals surface area contributed by atoms with Gasteiger partial charge in [-0.3, -0.25) is 4.79 Å². The van der Waals surface area contributed by atoms with Gasteiger partial charge in [-0.15, -0.1) is 0 Å². The summed E-state index contributed by atoms with van der Waals surface area (Å²) in [5.41, 5.74) is 6.15. The molecule has 116 valence electrons. The van der Waals surface area contributed by atoms with Gasteiger partial charge in [0.15, 0.2) is 0 Å². The number of nitrogens with one attached hydrogen (secondary N) is 1. The molecule has 5 heteroatoms. The van der Waals surface area contributed by atoms with E-state index in [9.17, 15) is 9.18 Å². The third-order valence-electron chi connectivity index (χ3n) is 3.87. The van der Waals surface area contributed by atoms with Crippen molar-refractivity contribution in [3.63, 3.8) is 0 Å². The number of hydrogen-bond donors (Lipinski definition) is 2. The zero-order chi connectivity index (χ0) is 15.1. The van der Waals surface area contributed by atoms with Crippen LogP contribution in [0, 0.1) is 5.82 Å². The Morgan fingerprint density at radius 2 is 1.90 bits per heavy atom. The van der Waals surface area contributed by atoms with E-state index >= 15 is 0 Å². The highest BCUT2D eigenvalue weighted by Gasteiger charge is 2.26. The fourth-order valence-corrected chi connectivity index (χ4v) is 2.67. The molecule has 1 aromatic rings. The molecule has 21 heavy (non-hydrogen) atoms. The van der Waals surface area contributed by atoms with Crippen molar-refractivity contribution in [3.05, 3.63) is 30.1 Å². The van der Waals surface area contributed by atoms with Gasteiger partial charge in [-0.25, -0.2) is 4.39 Å². The fraction of sp³-hybridized carbons (Fsp3) is 0.562. The van der Waals surface area contributed by atoms with Gasteiger partial charge in [0, 0.05) is 5.54 Å². The van der Waals surface area contributed by atoms with Gasteiger partial charge in [0.25, 0.3) is 0 Å². The van der Waals surface area contributed by atoms with Crippen LogP contribution in [-0.4, -0.2) is 24.7 Å². The summed E-state index contributed by atoms with van der Waals surface area (Å²) < 4.78 is 18.8. The highest BCUT2D eigenvalue weighted by molar-refractivity contribution is 5.91. The predicted octanol–water partition coefficient (Wildman–Crippen LogP) is 2.83. The number of ether oxygens (including phenoxy) is 1. The molecule has 0 aliphatic heterocycles. The summed E-state index contributed by atoms with van der Waals surface area (Å²) in [7, 11) is 0. The standard InChI is InChI=1S/C16H23FN2O2/c17-13-7-3-4-8-14(13)19-15(20)11-21-12-16(18)9-5-1-2-6-10-16/h3-4,7-8H,1-2,5-6,9-12,18H2,(H,19,20). The van der Waals surface area contributed by atoms with Crippen LogP contribution in [0.4, 0.5) is 10.1 Å². The quantitative estimate of drug-likeness (QED) is 0.821. The third-order valence-corrected chi connectivity index (χ3v) is 3.87. The molecule has 1 aliphatic carbocycles. The number of rotatable bonds is 5. The molecule has 0 heterocycles.